The number of ether oxygens (including phenoxy) is 1. The minimum absolute atomic E-state index is 0.0655. The van der Waals surface area contributed by atoms with Crippen molar-refractivity contribution in [3.63, 3.8) is 0 Å². The predicted molar refractivity (Wildman–Crippen MR) is 95.2 cm³/mol. The van der Waals surface area contributed by atoms with E-state index in [1.54, 1.807) is 18.2 Å². The van der Waals surface area contributed by atoms with Crippen LogP contribution < -0.4 is 10.5 Å². The summed E-state index contributed by atoms with van der Waals surface area (Å²) < 4.78 is 32.4. The second-order valence-corrected chi connectivity index (χ2v) is 6.45. The lowest BCUT2D eigenvalue weighted by atomic mass is 10.0. The second kappa shape index (κ2) is 7.83. The number of carbonyl (C=O) groups excluding carboxylic acids is 1. The highest BCUT2D eigenvalue weighted by Crippen LogP contribution is 2.29. The molecule has 0 aliphatic carbocycles. The summed E-state index contributed by atoms with van der Waals surface area (Å²) in [4.78, 5) is 14.0. The second-order valence-electron chi connectivity index (χ2n) is 6.45. The monoisotopic (exact) mass is 360 g/mol. The summed E-state index contributed by atoms with van der Waals surface area (Å²) >= 11 is 0. The molecule has 3 rings (SSSR count). The lowest BCUT2D eigenvalue weighted by Gasteiger charge is -2.31. The molecule has 0 radical (unpaired) electrons. The predicted octanol–water partition coefficient (Wildman–Crippen LogP) is 3.60. The molecule has 1 fully saturated rings. The molecule has 0 spiro atoms. The third-order valence-corrected chi connectivity index (χ3v) is 4.55. The van der Waals surface area contributed by atoms with E-state index in [0.29, 0.717) is 23.5 Å². The highest BCUT2D eigenvalue weighted by molar-refractivity contribution is 5.94. The van der Waals surface area contributed by atoms with Gasteiger partial charge in [-0.15, -0.1) is 0 Å². The molecule has 4 nitrogen and oxygen atoms in total. The first-order valence-corrected chi connectivity index (χ1v) is 8.65. The SMILES string of the molecule is NCc1cc(C(=O)N2CCC(F)(F)CC2)ccc1OCc1ccccc1. The molecule has 1 saturated heterocycles. The molecule has 1 aliphatic rings. The molecule has 0 bridgehead atoms. The highest BCUT2D eigenvalue weighted by Gasteiger charge is 2.35. The first-order chi connectivity index (χ1) is 12.5. The minimum Gasteiger partial charge on any atom is -0.489 e. The van der Waals surface area contributed by atoms with Gasteiger partial charge in [0.05, 0.1) is 0 Å². The first kappa shape index (κ1) is 18.3. The standard InChI is InChI=1S/C20H22F2N2O2/c21-20(22)8-10-24(11-9-20)19(25)16-6-7-18(17(12-16)13-23)26-14-15-4-2-1-3-5-15/h1-7,12H,8-11,13-14,23H2. The molecule has 138 valence electrons. The van der Waals surface area contributed by atoms with Crippen molar-refractivity contribution in [3.05, 3.63) is 65.2 Å². The minimum atomic E-state index is -2.67. The molecule has 1 heterocycles. The summed E-state index contributed by atoms with van der Waals surface area (Å²) in [5.41, 5.74) is 7.99. The van der Waals surface area contributed by atoms with Crippen molar-refractivity contribution < 1.29 is 18.3 Å². The molecule has 6 heteroatoms. The van der Waals surface area contributed by atoms with Crippen molar-refractivity contribution in [1.29, 1.82) is 0 Å². The van der Waals surface area contributed by atoms with Crippen LogP contribution in [0.25, 0.3) is 0 Å². The van der Waals surface area contributed by atoms with Crippen LogP contribution in [-0.2, 0) is 13.2 Å². The van der Waals surface area contributed by atoms with Crippen LogP contribution in [0.15, 0.2) is 48.5 Å². The Morgan fingerprint density at radius 3 is 2.46 bits per heavy atom. The fourth-order valence-electron chi connectivity index (χ4n) is 2.97. The molecular formula is C20H22F2N2O2. The number of hydrogen-bond acceptors (Lipinski definition) is 3. The lowest BCUT2D eigenvalue weighted by molar-refractivity contribution is -0.0494. The number of rotatable bonds is 5. The summed E-state index contributed by atoms with van der Waals surface area (Å²) in [6.45, 7) is 0.762. The maximum atomic E-state index is 13.3. The van der Waals surface area contributed by atoms with Gasteiger partial charge in [0.2, 0.25) is 0 Å². The molecule has 0 atom stereocenters. The Bertz CT molecular complexity index is 756. The number of piperidine rings is 1. The summed E-state index contributed by atoms with van der Waals surface area (Å²) in [6, 6.07) is 14.8. The van der Waals surface area contributed by atoms with Crippen molar-refractivity contribution in [3.8, 4) is 5.75 Å². The van der Waals surface area contributed by atoms with E-state index in [9.17, 15) is 13.6 Å². The number of carbonyl (C=O) groups is 1. The van der Waals surface area contributed by atoms with Gasteiger partial charge < -0.3 is 15.4 Å². The van der Waals surface area contributed by atoms with E-state index in [1.165, 1.54) is 4.90 Å². The van der Waals surface area contributed by atoms with Gasteiger partial charge in [0, 0.05) is 43.6 Å². The smallest absolute Gasteiger partial charge is 0.253 e. The number of amides is 1. The van der Waals surface area contributed by atoms with Crippen molar-refractivity contribution in [2.45, 2.75) is 31.9 Å². The third kappa shape index (κ3) is 4.38. The number of benzene rings is 2. The van der Waals surface area contributed by atoms with Gasteiger partial charge in [-0.3, -0.25) is 4.79 Å². The Labute approximate surface area is 151 Å². The van der Waals surface area contributed by atoms with Gasteiger partial charge in [-0.25, -0.2) is 8.78 Å². The van der Waals surface area contributed by atoms with Gasteiger partial charge >= 0.3 is 0 Å². The van der Waals surface area contributed by atoms with E-state index in [1.807, 2.05) is 30.3 Å². The first-order valence-electron chi connectivity index (χ1n) is 8.65. The number of hydrogen-bond donors (Lipinski definition) is 1. The molecule has 0 saturated carbocycles. The van der Waals surface area contributed by atoms with Crippen LogP contribution in [0.3, 0.4) is 0 Å². The topological polar surface area (TPSA) is 55.6 Å². The molecule has 1 amide bonds. The molecule has 0 aromatic heterocycles. The van der Waals surface area contributed by atoms with Crippen molar-refractivity contribution in [2.75, 3.05) is 13.1 Å². The normalized spacial score (nSPS) is 16.3. The maximum absolute atomic E-state index is 13.3. The fourth-order valence-corrected chi connectivity index (χ4v) is 2.97. The maximum Gasteiger partial charge on any atom is 0.253 e. The quantitative estimate of drug-likeness (QED) is 0.886. The highest BCUT2D eigenvalue weighted by atomic mass is 19.3. The average molecular weight is 360 g/mol. The van der Waals surface area contributed by atoms with E-state index in [4.69, 9.17) is 10.5 Å². The zero-order chi connectivity index (χ0) is 18.6. The van der Waals surface area contributed by atoms with Crippen LogP contribution >= 0.6 is 0 Å². The Morgan fingerprint density at radius 1 is 1.12 bits per heavy atom. The van der Waals surface area contributed by atoms with Crippen molar-refractivity contribution in [1.82, 2.24) is 4.90 Å². The van der Waals surface area contributed by atoms with E-state index < -0.39 is 5.92 Å². The number of nitrogens with zero attached hydrogens (tertiary/aromatic N) is 1. The third-order valence-electron chi connectivity index (χ3n) is 4.55. The van der Waals surface area contributed by atoms with Crippen molar-refractivity contribution >= 4 is 5.91 Å². The molecule has 0 unspecified atom stereocenters. The van der Waals surface area contributed by atoms with Crippen LogP contribution in [0, 0.1) is 0 Å². The van der Waals surface area contributed by atoms with Gasteiger partial charge in [-0.05, 0) is 23.8 Å². The summed E-state index contributed by atoms with van der Waals surface area (Å²) in [6.07, 6.45) is -0.582. The number of alkyl halides is 2. The van der Waals surface area contributed by atoms with Crippen LogP contribution in [0.1, 0.15) is 34.3 Å². The molecular weight excluding hydrogens is 338 g/mol. The number of likely N-dealkylation sites (tertiary alicyclic amines) is 1. The van der Waals surface area contributed by atoms with E-state index in [2.05, 4.69) is 0 Å². The van der Waals surface area contributed by atoms with Gasteiger partial charge in [0.25, 0.3) is 11.8 Å². The summed E-state index contributed by atoms with van der Waals surface area (Å²) in [7, 11) is 0. The van der Waals surface area contributed by atoms with Crippen LogP contribution in [0.4, 0.5) is 8.78 Å². The Balaban J connectivity index is 1.69. The van der Waals surface area contributed by atoms with E-state index in [-0.39, 0.29) is 38.4 Å². The van der Waals surface area contributed by atoms with Crippen LogP contribution in [0.2, 0.25) is 0 Å². The van der Waals surface area contributed by atoms with Crippen LogP contribution in [-0.4, -0.2) is 29.8 Å². The zero-order valence-electron chi connectivity index (χ0n) is 14.5. The fraction of sp³-hybridized carbons (Fsp3) is 0.350. The number of nitrogens with two attached hydrogens (primary N) is 1. The summed E-state index contributed by atoms with van der Waals surface area (Å²) in [5, 5.41) is 0. The van der Waals surface area contributed by atoms with Gasteiger partial charge in [-0.2, -0.15) is 0 Å². The van der Waals surface area contributed by atoms with E-state index >= 15 is 0 Å². The zero-order valence-corrected chi connectivity index (χ0v) is 14.5. The van der Waals surface area contributed by atoms with Gasteiger partial charge in [-0.1, -0.05) is 30.3 Å². The largest absolute Gasteiger partial charge is 0.489 e. The summed E-state index contributed by atoms with van der Waals surface area (Å²) in [5.74, 6) is -2.29. The van der Waals surface area contributed by atoms with Gasteiger partial charge in [0.1, 0.15) is 12.4 Å². The average Bonchev–Trinajstić information content (AvgIpc) is 2.66. The van der Waals surface area contributed by atoms with E-state index in [0.717, 1.165) is 5.56 Å². The molecule has 26 heavy (non-hydrogen) atoms. The Kier molecular flexibility index (Phi) is 5.52. The molecule has 2 aromatic carbocycles. The molecule has 1 aliphatic heterocycles. The van der Waals surface area contributed by atoms with Crippen molar-refractivity contribution in [2.24, 2.45) is 5.73 Å². The number of halogens is 2. The molecule has 2 N–H and O–H groups in total. The lowest BCUT2D eigenvalue weighted by Crippen LogP contribution is -2.42. The Hall–Kier alpha value is -2.47. The Morgan fingerprint density at radius 2 is 1.81 bits per heavy atom. The van der Waals surface area contributed by atoms with Gasteiger partial charge in [0.15, 0.2) is 0 Å². The van der Waals surface area contributed by atoms with Crippen LogP contribution in [0.5, 0.6) is 5.75 Å². The molecule has 2 aromatic rings.